The van der Waals surface area contributed by atoms with Crippen molar-refractivity contribution in [3.63, 3.8) is 0 Å². The topological polar surface area (TPSA) is 54.4 Å². The predicted molar refractivity (Wildman–Crippen MR) is 81.0 cm³/mol. The molecule has 1 N–H and O–H groups in total. The number of aliphatic hydroxyl groups is 1. The fourth-order valence-electron chi connectivity index (χ4n) is 1.72. The Morgan fingerprint density at radius 2 is 1.55 bits per heavy atom. The van der Waals surface area contributed by atoms with Gasteiger partial charge in [-0.05, 0) is 0 Å². The Bertz CT molecular complexity index is 590. The third-order valence-corrected chi connectivity index (χ3v) is 2.88. The molecule has 0 saturated heterocycles. The molecule has 3 nitrogen and oxygen atoms in total. The Morgan fingerprint density at radius 1 is 1.05 bits per heavy atom. The minimum atomic E-state index is -4.70. The van der Waals surface area contributed by atoms with Crippen LogP contribution in [-0.4, -0.2) is 35.2 Å². The van der Waals surface area contributed by atoms with E-state index in [0.29, 0.717) is 0 Å². The van der Waals surface area contributed by atoms with E-state index in [4.69, 9.17) is 0 Å². The number of allylic oxidation sites excluding steroid dienone is 6. The van der Waals surface area contributed by atoms with E-state index in [1.54, 1.807) is 0 Å². The maximum atomic E-state index is 13.2. The Balaban J connectivity index is 6.18. The quantitative estimate of drug-likeness (QED) is 0.367. The predicted octanol–water partition coefficient (Wildman–Crippen LogP) is 3.29. The summed E-state index contributed by atoms with van der Waals surface area (Å²) >= 11 is 0. The molecule has 0 bridgehead atoms. The van der Waals surface area contributed by atoms with Crippen molar-refractivity contribution in [2.45, 2.75) is 40.8 Å². The summed E-state index contributed by atoms with van der Waals surface area (Å²) in [6.07, 6.45) is -2.69. The number of halogens is 3. The van der Waals surface area contributed by atoms with E-state index in [1.807, 2.05) is 0 Å². The summed E-state index contributed by atoms with van der Waals surface area (Å²) in [5.41, 5.74) is -1.62. The summed E-state index contributed by atoms with van der Waals surface area (Å²) in [6.45, 7) is 7.10. The normalized spacial score (nSPS) is 15.2. The van der Waals surface area contributed by atoms with Crippen molar-refractivity contribution in [2.24, 2.45) is 0 Å². The van der Waals surface area contributed by atoms with Gasteiger partial charge in [-0.25, -0.2) is 0 Å². The van der Waals surface area contributed by atoms with Crippen LogP contribution in [0.25, 0.3) is 0 Å². The van der Waals surface area contributed by atoms with Crippen LogP contribution in [-0.2, 0) is 9.59 Å². The third-order valence-electron chi connectivity index (χ3n) is 2.88. The fourth-order valence-corrected chi connectivity index (χ4v) is 1.72. The number of carbonyl (C=O) groups is 2. The van der Waals surface area contributed by atoms with Crippen LogP contribution in [0.3, 0.4) is 0 Å². The molecule has 0 aliphatic rings. The van der Waals surface area contributed by atoms with Gasteiger partial charge >= 0.3 is 127 Å². The summed E-state index contributed by atoms with van der Waals surface area (Å²) in [6, 6.07) is 0. The van der Waals surface area contributed by atoms with Gasteiger partial charge in [0.1, 0.15) is 0 Å². The second kappa shape index (κ2) is 7.91. The molecule has 0 unspecified atom stereocenters. The van der Waals surface area contributed by atoms with E-state index in [9.17, 15) is 27.9 Å². The van der Waals surface area contributed by atoms with Gasteiger partial charge in [0.15, 0.2) is 0 Å². The summed E-state index contributed by atoms with van der Waals surface area (Å²) in [5.74, 6) is -1.43. The number of carbonyl (C=O) groups excluding carboxylic acids is 2. The minimum absolute atomic E-state index is 0.0887. The van der Waals surface area contributed by atoms with Crippen molar-refractivity contribution in [1.29, 1.82) is 0 Å². The first-order valence-corrected chi connectivity index (χ1v) is 6.47. The summed E-state index contributed by atoms with van der Waals surface area (Å²) < 4.78 is 39.5. The molecular formula is C15H18BF3O3. The van der Waals surface area contributed by atoms with Crippen molar-refractivity contribution in [1.82, 2.24) is 0 Å². The molecule has 0 aliphatic carbocycles. The molecule has 0 radical (unpaired) electrons. The number of Topliss-reactive ketones (excluding diaryl/α,β-unsaturated/α-hetero) is 2. The molecule has 0 heterocycles. The van der Waals surface area contributed by atoms with Crippen LogP contribution in [0.1, 0.15) is 34.6 Å². The Hall–Kier alpha value is -1.92. The number of aliphatic hydroxyl groups excluding tert-OH is 1. The van der Waals surface area contributed by atoms with Crippen molar-refractivity contribution in [3.05, 3.63) is 34.5 Å². The average Bonchev–Trinajstić information content (AvgIpc) is 2.33. The monoisotopic (exact) mass is 314 g/mol. The summed E-state index contributed by atoms with van der Waals surface area (Å²) in [4.78, 5) is 22.6. The van der Waals surface area contributed by atoms with Crippen molar-refractivity contribution in [3.8, 4) is 0 Å². The van der Waals surface area contributed by atoms with Gasteiger partial charge in [0, 0.05) is 0 Å². The molecule has 7 heteroatoms. The van der Waals surface area contributed by atoms with Crippen LogP contribution >= 0.6 is 0 Å². The van der Waals surface area contributed by atoms with E-state index >= 15 is 0 Å². The molecule has 0 saturated carbocycles. The van der Waals surface area contributed by atoms with Gasteiger partial charge in [-0.2, -0.15) is 0 Å². The van der Waals surface area contributed by atoms with Crippen molar-refractivity contribution >= 4 is 24.0 Å². The first-order valence-electron chi connectivity index (χ1n) is 6.47. The molecule has 0 aromatic heterocycles. The van der Waals surface area contributed by atoms with Crippen LogP contribution in [0, 0.1) is 0 Å². The third kappa shape index (κ3) is 5.83. The number of rotatable bonds is 5. The average molecular weight is 314 g/mol. The molecular weight excluding hydrogens is 296 g/mol. The van der Waals surface area contributed by atoms with Crippen molar-refractivity contribution in [2.75, 3.05) is 0 Å². The molecule has 0 rings (SSSR count). The Labute approximate surface area is 128 Å². The first-order chi connectivity index (χ1) is 9.91. The molecule has 0 amide bonds. The van der Waals surface area contributed by atoms with Gasteiger partial charge in [-0.3, -0.25) is 0 Å². The van der Waals surface area contributed by atoms with E-state index in [-0.39, 0.29) is 22.3 Å². The zero-order chi connectivity index (χ0) is 17.7. The zero-order valence-electron chi connectivity index (χ0n) is 13.1. The molecule has 0 fully saturated rings. The van der Waals surface area contributed by atoms with Gasteiger partial charge in [-0.1, -0.05) is 0 Å². The van der Waals surface area contributed by atoms with Gasteiger partial charge in [0.2, 0.25) is 0 Å². The Kier molecular flexibility index (Phi) is 7.22. The maximum absolute atomic E-state index is 13.2. The summed E-state index contributed by atoms with van der Waals surface area (Å²) in [5, 5.41) is 9.38. The van der Waals surface area contributed by atoms with Crippen LogP contribution < -0.4 is 0 Å². The molecule has 0 aromatic carbocycles. The van der Waals surface area contributed by atoms with Gasteiger partial charge in [0.25, 0.3) is 0 Å². The zero-order valence-corrected chi connectivity index (χ0v) is 13.1. The molecule has 0 atom stereocenters. The fraction of sp³-hybridized carbons (Fsp3) is 0.400. The Morgan fingerprint density at radius 3 is 1.82 bits per heavy atom. The standard InChI is InChI=1S/C15H18BF3O3/c1-6-12(9(3)20)7-13(15(17,18)19)8(2)16-14(10(4)21)11(5)22/h6-7,21H,1-5H3/b12-6+,13-7+,14-10+. The first kappa shape index (κ1) is 20.1. The molecule has 120 valence electrons. The van der Waals surface area contributed by atoms with Gasteiger partial charge in [-0.15, -0.1) is 0 Å². The van der Waals surface area contributed by atoms with E-state index < -0.39 is 23.3 Å². The van der Waals surface area contributed by atoms with Crippen LogP contribution in [0.2, 0.25) is 0 Å². The SMILES string of the molecule is C\C=C(/C=C(\C(C)=B/C(C(C)=O)=C(\C)O)C(F)(F)F)C(C)=O. The van der Waals surface area contributed by atoms with Gasteiger partial charge < -0.3 is 0 Å². The van der Waals surface area contributed by atoms with Crippen LogP contribution in [0.4, 0.5) is 13.2 Å². The van der Waals surface area contributed by atoms with Crippen LogP contribution in [0.5, 0.6) is 0 Å². The van der Waals surface area contributed by atoms with E-state index in [2.05, 4.69) is 0 Å². The molecule has 22 heavy (non-hydrogen) atoms. The number of hydrogen-bond donors (Lipinski definition) is 1. The van der Waals surface area contributed by atoms with Crippen molar-refractivity contribution < 1.29 is 27.9 Å². The molecule has 0 spiro atoms. The van der Waals surface area contributed by atoms with Gasteiger partial charge in [0.05, 0.1) is 0 Å². The van der Waals surface area contributed by atoms with Crippen LogP contribution in [0.15, 0.2) is 34.5 Å². The summed E-state index contributed by atoms with van der Waals surface area (Å²) in [7, 11) is 0. The number of alkyl halides is 3. The molecule has 0 aliphatic heterocycles. The van der Waals surface area contributed by atoms with E-state index in [1.165, 1.54) is 26.8 Å². The second-order valence-corrected chi connectivity index (χ2v) is 4.74. The second-order valence-electron chi connectivity index (χ2n) is 4.74. The molecule has 0 aromatic rings. The number of hydrogen-bond acceptors (Lipinski definition) is 3. The number of ketones is 2. The van der Waals surface area contributed by atoms with E-state index in [0.717, 1.165) is 26.8 Å².